The van der Waals surface area contributed by atoms with Gasteiger partial charge in [0, 0.05) is 47.4 Å². The van der Waals surface area contributed by atoms with Crippen LogP contribution < -0.4 is 10.3 Å². The molecule has 3 aromatic rings. The van der Waals surface area contributed by atoms with Gasteiger partial charge < -0.3 is 9.12 Å². The molecule has 3 rings (SSSR count). The second kappa shape index (κ2) is 11.8. The van der Waals surface area contributed by atoms with Crippen molar-refractivity contribution in [2.45, 2.75) is 63.3 Å². The highest BCUT2D eigenvalue weighted by atomic mass is 32.2. The highest BCUT2D eigenvalue weighted by molar-refractivity contribution is 7.91. The zero-order valence-corrected chi connectivity index (χ0v) is 24.9. The Hall–Kier alpha value is -2.79. The third kappa shape index (κ3) is 7.25. The number of benzene rings is 2. The van der Waals surface area contributed by atoms with E-state index >= 15 is 0 Å². The third-order valence-electron chi connectivity index (χ3n) is 6.38. The molecule has 0 radical (unpaired) electrons. The number of aromatic nitrogens is 1. The van der Waals surface area contributed by atoms with Crippen LogP contribution in [-0.4, -0.2) is 33.3 Å². The predicted octanol–water partition coefficient (Wildman–Crippen LogP) is 4.86. The molecule has 0 saturated heterocycles. The number of aryl methyl sites for hydroxylation is 1. The van der Waals surface area contributed by atoms with Crippen LogP contribution in [0.5, 0.6) is 0 Å². The van der Waals surface area contributed by atoms with Crippen LogP contribution in [0, 0.1) is 5.82 Å². The number of nitrogens with one attached hydrogen (secondary N) is 1. The van der Waals surface area contributed by atoms with Crippen molar-refractivity contribution in [2.75, 3.05) is 0 Å². The fraction of sp³-hybridized carbons (Fsp3) is 0.379. The Bertz CT molecular complexity index is 1520. The zero-order chi connectivity index (χ0) is 29.3. The van der Waals surface area contributed by atoms with Crippen LogP contribution in [0.25, 0.3) is 11.1 Å². The molecular weight excluding hydrogens is 539 g/mol. The number of hydrogen-bond donors (Lipinski definition) is 1. The molecule has 0 spiro atoms. The molecule has 0 aliphatic carbocycles. The normalized spacial score (nSPS) is 13.9. The number of rotatable bonds is 9. The first-order valence-corrected chi connectivity index (χ1v) is 15.4. The molecule has 0 bridgehead atoms. The van der Waals surface area contributed by atoms with E-state index in [-0.39, 0.29) is 28.2 Å². The largest absolute Gasteiger partial charge is 0.598 e. The van der Waals surface area contributed by atoms with E-state index in [2.05, 4.69) is 4.72 Å². The summed E-state index contributed by atoms with van der Waals surface area (Å²) in [5.74, 6) is -1.10. The van der Waals surface area contributed by atoms with Crippen LogP contribution in [0.15, 0.2) is 59.5 Å². The number of halogens is 1. The standard InChI is InChI=1S/C29H35FN2O5S2/c1-18(2)39(36,37)17-20-8-13-23(28(34)21-9-11-22(30)12-10-21)25(14-20)26-16-32(7)27(33)15-24(26)19(3)31-38(35)29(4,5)6/h8-16,18-19,31H,17H2,1-7H3/t19-,38?/m0/s1. The van der Waals surface area contributed by atoms with Gasteiger partial charge in [0.25, 0.3) is 5.56 Å². The van der Waals surface area contributed by atoms with Gasteiger partial charge in [-0.1, -0.05) is 12.1 Å². The summed E-state index contributed by atoms with van der Waals surface area (Å²) in [6, 6.07) is 10.8. The van der Waals surface area contributed by atoms with Crippen molar-refractivity contribution in [3.05, 3.63) is 93.2 Å². The Morgan fingerprint density at radius 2 is 1.67 bits per heavy atom. The summed E-state index contributed by atoms with van der Waals surface area (Å²) in [7, 11) is -1.87. The SMILES string of the molecule is CC(C)S(=O)(=O)Cc1ccc(C(=O)c2ccc(F)cc2)c(-c2cn(C)c(=O)cc2[C@H](C)N[S+]([O-])C(C)(C)C)c1. The molecule has 1 aromatic heterocycles. The second-order valence-corrected chi connectivity index (χ2v) is 15.4. The van der Waals surface area contributed by atoms with Gasteiger partial charge in [-0.15, -0.1) is 4.72 Å². The third-order valence-corrected chi connectivity index (χ3v) is 10.2. The lowest BCUT2D eigenvalue weighted by Crippen LogP contribution is -2.41. The van der Waals surface area contributed by atoms with Gasteiger partial charge in [0.2, 0.25) is 0 Å². The topological polar surface area (TPSA) is 108 Å². The summed E-state index contributed by atoms with van der Waals surface area (Å²) in [4.78, 5) is 26.3. The molecule has 7 nitrogen and oxygen atoms in total. The van der Waals surface area contributed by atoms with Crippen molar-refractivity contribution < 1.29 is 22.2 Å². The van der Waals surface area contributed by atoms with Gasteiger partial charge in [-0.25, -0.2) is 12.8 Å². The monoisotopic (exact) mass is 574 g/mol. The first kappa shape index (κ1) is 30.7. The number of ketones is 1. The average Bonchev–Trinajstić information content (AvgIpc) is 2.84. The van der Waals surface area contributed by atoms with Crippen LogP contribution in [-0.2, 0) is 34.0 Å². The van der Waals surface area contributed by atoms with Gasteiger partial charge in [-0.3, -0.25) is 9.59 Å². The van der Waals surface area contributed by atoms with E-state index in [1.54, 1.807) is 52.2 Å². The van der Waals surface area contributed by atoms with Crippen molar-refractivity contribution in [2.24, 2.45) is 7.05 Å². The van der Waals surface area contributed by atoms with Gasteiger partial charge in [0.05, 0.1) is 17.0 Å². The summed E-state index contributed by atoms with van der Waals surface area (Å²) in [5, 5.41) is -0.591. The van der Waals surface area contributed by atoms with Crippen molar-refractivity contribution in [1.82, 2.24) is 9.29 Å². The Kier molecular flexibility index (Phi) is 9.27. The summed E-state index contributed by atoms with van der Waals surface area (Å²) in [6.45, 7) is 10.5. The van der Waals surface area contributed by atoms with Crippen molar-refractivity contribution in [1.29, 1.82) is 0 Å². The lowest BCUT2D eigenvalue weighted by molar-refractivity contribution is 0.103. The van der Waals surface area contributed by atoms with E-state index in [9.17, 15) is 27.0 Å². The molecule has 0 fully saturated rings. The number of pyridine rings is 1. The molecule has 2 atom stereocenters. The van der Waals surface area contributed by atoms with E-state index in [4.69, 9.17) is 0 Å². The first-order chi connectivity index (χ1) is 18.0. The Balaban J connectivity index is 2.27. The summed E-state index contributed by atoms with van der Waals surface area (Å²) < 4.78 is 55.7. The maximum atomic E-state index is 13.6. The summed E-state index contributed by atoms with van der Waals surface area (Å²) in [6.07, 6.45) is 1.59. The molecule has 210 valence electrons. The second-order valence-electron chi connectivity index (χ2n) is 10.9. The number of carbonyl (C=O) groups excluding carboxylic acids is 1. The molecule has 1 unspecified atom stereocenters. The fourth-order valence-electron chi connectivity index (χ4n) is 3.89. The average molecular weight is 575 g/mol. The number of hydrogen-bond acceptors (Lipinski definition) is 6. The van der Waals surface area contributed by atoms with Crippen LogP contribution in [0.3, 0.4) is 0 Å². The van der Waals surface area contributed by atoms with Crippen molar-refractivity contribution in [3.63, 3.8) is 0 Å². The van der Waals surface area contributed by atoms with Crippen LogP contribution in [0.2, 0.25) is 0 Å². The van der Waals surface area contributed by atoms with Crippen molar-refractivity contribution in [3.8, 4) is 11.1 Å². The van der Waals surface area contributed by atoms with Gasteiger partial charge in [-0.05, 0) is 88.6 Å². The minimum Gasteiger partial charge on any atom is -0.598 e. The quantitative estimate of drug-likeness (QED) is 0.289. The lowest BCUT2D eigenvalue weighted by Gasteiger charge is -2.27. The zero-order valence-electron chi connectivity index (χ0n) is 23.2. The number of sulfone groups is 1. The summed E-state index contributed by atoms with van der Waals surface area (Å²) in [5.41, 5.74) is 2.14. The fourth-order valence-corrected chi connectivity index (χ4v) is 5.67. The van der Waals surface area contributed by atoms with Gasteiger partial charge in [0.1, 0.15) is 10.6 Å². The molecular formula is C29H35FN2O5S2. The molecule has 0 aliphatic rings. The van der Waals surface area contributed by atoms with Crippen LogP contribution in [0.4, 0.5) is 4.39 Å². The molecule has 39 heavy (non-hydrogen) atoms. The van der Waals surface area contributed by atoms with E-state index in [0.717, 1.165) is 0 Å². The van der Waals surface area contributed by atoms with E-state index < -0.39 is 43.1 Å². The minimum atomic E-state index is -3.45. The maximum absolute atomic E-state index is 13.6. The van der Waals surface area contributed by atoms with Crippen molar-refractivity contribution >= 4 is 27.0 Å². The first-order valence-electron chi connectivity index (χ1n) is 12.5. The minimum absolute atomic E-state index is 0.231. The van der Waals surface area contributed by atoms with Gasteiger partial charge >= 0.3 is 0 Å². The molecule has 0 saturated carbocycles. The Morgan fingerprint density at radius 1 is 1.05 bits per heavy atom. The molecule has 10 heteroatoms. The molecule has 1 N–H and O–H groups in total. The van der Waals surface area contributed by atoms with Gasteiger partial charge in [-0.2, -0.15) is 0 Å². The highest BCUT2D eigenvalue weighted by Crippen LogP contribution is 2.33. The highest BCUT2D eigenvalue weighted by Gasteiger charge is 2.30. The van der Waals surface area contributed by atoms with Crippen LogP contribution in [0.1, 0.15) is 74.6 Å². The lowest BCUT2D eigenvalue weighted by atomic mass is 9.89. The van der Waals surface area contributed by atoms with E-state index in [1.807, 2.05) is 20.8 Å². The summed E-state index contributed by atoms with van der Waals surface area (Å²) >= 11 is -1.45. The van der Waals surface area contributed by atoms with Crippen LogP contribution >= 0.6 is 0 Å². The predicted molar refractivity (Wildman–Crippen MR) is 154 cm³/mol. The smallest absolute Gasteiger partial charge is 0.250 e. The molecule has 0 aliphatic heterocycles. The Labute approximate surface area is 232 Å². The molecule has 0 amide bonds. The van der Waals surface area contributed by atoms with E-state index in [0.29, 0.717) is 22.3 Å². The van der Waals surface area contributed by atoms with Gasteiger partial charge in [0.15, 0.2) is 15.6 Å². The number of carbonyl (C=O) groups is 1. The maximum Gasteiger partial charge on any atom is 0.250 e. The van der Waals surface area contributed by atoms with E-state index in [1.165, 1.54) is 34.9 Å². The molecule has 1 heterocycles. The molecule has 2 aromatic carbocycles. The Morgan fingerprint density at radius 3 is 2.23 bits per heavy atom. The number of nitrogens with zero attached hydrogens (tertiary/aromatic N) is 1.